The second-order valence-corrected chi connectivity index (χ2v) is 9.38. The van der Waals surface area contributed by atoms with Gasteiger partial charge in [-0.15, -0.1) is 0 Å². The first-order valence-electron chi connectivity index (χ1n) is 9.25. The predicted octanol–water partition coefficient (Wildman–Crippen LogP) is 5.74. The van der Waals surface area contributed by atoms with Crippen LogP contribution < -0.4 is 5.14 Å². The Hall–Kier alpha value is -2.77. The summed E-state index contributed by atoms with van der Waals surface area (Å²) in [6.07, 6.45) is 0. The van der Waals surface area contributed by atoms with Crippen LogP contribution in [0.5, 0.6) is 0 Å². The molecular weight excluding hydrogens is 453 g/mol. The first kappa shape index (κ1) is 21.5. The van der Waals surface area contributed by atoms with Crippen LogP contribution in [0.25, 0.3) is 33.8 Å². The molecule has 4 rings (SSSR count). The Labute approximate surface area is 190 Å². The van der Waals surface area contributed by atoms with Gasteiger partial charge in [0, 0.05) is 16.8 Å². The van der Waals surface area contributed by atoms with Crippen molar-refractivity contribution in [3.8, 4) is 33.8 Å². The Morgan fingerprint density at radius 3 is 2.13 bits per heavy atom. The molecule has 0 saturated heterocycles. The van der Waals surface area contributed by atoms with E-state index < -0.39 is 10.0 Å². The number of sulfonamides is 1. The van der Waals surface area contributed by atoms with Crippen LogP contribution >= 0.6 is 23.2 Å². The number of hydrogen-bond donors (Lipinski definition) is 1. The molecule has 5 nitrogen and oxygen atoms in total. The van der Waals surface area contributed by atoms with Gasteiger partial charge in [0.15, 0.2) is 5.82 Å². The molecule has 0 atom stereocenters. The van der Waals surface area contributed by atoms with Crippen LogP contribution in [-0.4, -0.2) is 18.4 Å². The molecule has 0 spiro atoms. The van der Waals surface area contributed by atoms with Crippen LogP contribution in [0.1, 0.15) is 5.69 Å². The summed E-state index contributed by atoms with van der Waals surface area (Å²) in [4.78, 5) is 9.34. The van der Waals surface area contributed by atoms with Crippen LogP contribution in [0.15, 0.2) is 77.7 Å². The van der Waals surface area contributed by atoms with Crippen molar-refractivity contribution in [1.82, 2.24) is 9.97 Å². The molecule has 0 bridgehead atoms. The molecule has 0 unspecified atom stereocenters. The molecular formula is C23H17Cl2N3O2S. The fourth-order valence-corrected chi connectivity index (χ4v) is 4.05. The van der Waals surface area contributed by atoms with Crippen LogP contribution in [0, 0.1) is 6.92 Å². The number of halogens is 2. The van der Waals surface area contributed by atoms with Gasteiger partial charge in [-0.05, 0) is 54.4 Å². The second kappa shape index (κ2) is 8.40. The highest BCUT2D eigenvalue weighted by molar-refractivity contribution is 7.89. The van der Waals surface area contributed by atoms with Gasteiger partial charge in [0.25, 0.3) is 0 Å². The van der Waals surface area contributed by atoms with Crippen molar-refractivity contribution in [3.63, 3.8) is 0 Å². The van der Waals surface area contributed by atoms with Gasteiger partial charge in [-0.3, -0.25) is 0 Å². The number of benzene rings is 3. The lowest BCUT2D eigenvalue weighted by Gasteiger charge is -2.09. The molecule has 0 saturated carbocycles. The van der Waals surface area contributed by atoms with E-state index in [-0.39, 0.29) is 4.90 Å². The molecule has 0 radical (unpaired) electrons. The minimum Gasteiger partial charge on any atom is -0.233 e. The molecule has 0 aliphatic carbocycles. The maximum Gasteiger partial charge on any atom is 0.238 e. The van der Waals surface area contributed by atoms with E-state index in [1.54, 1.807) is 24.3 Å². The van der Waals surface area contributed by atoms with Crippen molar-refractivity contribution in [3.05, 3.63) is 88.5 Å². The molecule has 1 aromatic heterocycles. The standard InChI is InChI=1S/C23H17Cl2N3O2S/c1-14-10-22(17-8-9-20(24)21(25)13-17)28-23(27-14)18-6-2-4-15(11-18)16-5-3-7-19(12-16)31(26,29)30/h2-13H,1H3,(H2,26,29,30). The van der Waals surface area contributed by atoms with E-state index in [1.165, 1.54) is 6.07 Å². The molecule has 0 fully saturated rings. The summed E-state index contributed by atoms with van der Waals surface area (Å²) in [5, 5.41) is 6.20. The van der Waals surface area contributed by atoms with Gasteiger partial charge >= 0.3 is 0 Å². The summed E-state index contributed by atoms with van der Waals surface area (Å²) in [5.74, 6) is 0.547. The number of hydrogen-bond acceptors (Lipinski definition) is 4. The average molecular weight is 470 g/mol. The smallest absolute Gasteiger partial charge is 0.233 e. The number of aryl methyl sites for hydroxylation is 1. The quantitative estimate of drug-likeness (QED) is 0.412. The minimum atomic E-state index is -3.79. The second-order valence-electron chi connectivity index (χ2n) is 7.00. The Kier molecular flexibility index (Phi) is 5.81. The van der Waals surface area contributed by atoms with Crippen molar-refractivity contribution in [2.45, 2.75) is 11.8 Å². The van der Waals surface area contributed by atoms with Gasteiger partial charge in [-0.2, -0.15) is 0 Å². The van der Waals surface area contributed by atoms with E-state index in [0.717, 1.165) is 33.6 Å². The number of primary sulfonamides is 1. The summed E-state index contributed by atoms with van der Waals surface area (Å²) in [7, 11) is -3.79. The molecule has 3 aromatic carbocycles. The van der Waals surface area contributed by atoms with Gasteiger partial charge in [-0.25, -0.2) is 23.5 Å². The van der Waals surface area contributed by atoms with Crippen LogP contribution in [0.3, 0.4) is 0 Å². The number of aromatic nitrogens is 2. The van der Waals surface area contributed by atoms with Crippen LogP contribution in [0.2, 0.25) is 10.0 Å². The number of nitrogens with zero attached hydrogens (tertiary/aromatic N) is 2. The molecule has 0 aliphatic heterocycles. The molecule has 1 heterocycles. The summed E-state index contributed by atoms with van der Waals surface area (Å²) < 4.78 is 23.4. The summed E-state index contributed by atoms with van der Waals surface area (Å²) in [5.41, 5.74) is 4.70. The van der Waals surface area contributed by atoms with E-state index >= 15 is 0 Å². The lowest BCUT2D eigenvalue weighted by atomic mass is 10.0. The Morgan fingerprint density at radius 1 is 0.742 bits per heavy atom. The Balaban J connectivity index is 1.78. The van der Waals surface area contributed by atoms with Gasteiger partial charge in [0.1, 0.15) is 0 Å². The van der Waals surface area contributed by atoms with Crippen molar-refractivity contribution >= 4 is 33.2 Å². The molecule has 31 heavy (non-hydrogen) atoms. The van der Waals surface area contributed by atoms with Gasteiger partial charge in [-0.1, -0.05) is 59.6 Å². The van der Waals surface area contributed by atoms with E-state index in [9.17, 15) is 8.42 Å². The predicted molar refractivity (Wildman–Crippen MR) is 124 cm³/mol. The molecule has 2 N–H and O–H groups in total. The lowest BCUT2D eigenvalue weighted by molar-refractivity contribution is 0.598. The maximum atomic E-state index is 11.7. The topological polar surface area (TPSA) is 85.9 Å². The first-order chi connectivity index (χ1) is 14.7. The highest BCUT2D eigenvalue weighted by Gasteiger charge is 2.12. The van der Waals surface area contributed by atoms with Crippen LogP contribution in [-0.2, 0) is 10.0 Å². The lowest BCUT2D eigenvalue weighted by Crippen LogP contribution is -2.11. The largest absolute Gasteiger partial charge is 0.238 e. The zero-order valence-corrected chi connectivity index (χ0v) is 18.7. The fourth-order valence-electron chi connectivity index (χ4n) is 3.19. The summed E-state index contributed by atoms with van der Waals surface area (Å²) in [6.45, 7) is 1.89. The van der Waals surface area contributed by atoms with Gasteiger partial charge in [0.2, 0.25) is 10.0 Å². The number of rotatable bonds is 4. The average Bonchev–Trinajstić information content (AvgIpc) is 2.75. The number of nitrogens with two attached hydrogens (primary N) is 1. The third-order valence-electron chi connectivity index (χ3n) is 4.69. The zero-order chi connectivity index (χ0) is 22.2. The monoisotopic (exact) mass is 469 g/mol. The first-order valence-corrected chi connectivity index (χ1v) is 11.6. The molecule has 0 aliphatic rings. The van der Waals surface area contributed by atoms with E-state index in [4.69, 9.17) is 33.3 Å². The fraction of sp³-hybridized carbons (Fsp3) is 0.0435. The third-order valence-corrected chi connectivity index (χ3v) is 6.34. The van der Waals surface area contributed by atoms with E-state index in [2.05, 4.69) is 4.98 Å². The normalized spacial score (nSPS) is 11.5. The highest BCUT2D eigenvalue weighted by Crippen LogP contribution is 2.30. The Morgan fingerprint density at radius 2 is 1.42 bits per heavy atom. The SMILES string of the molecule is Cc1cc(-c2ccc(Cl)c(Cl)c2)nc(-c2cccc(-c3cccc(S(N)(=O)=O)c3)c2)n1. The van der Waals surface area contributed by atoms with Gasteiger partial charge < -0.3 is 0 Å². The van der Waals surface area contributed by atoms with Gasteiger partial charge in [0.05, 0.1) is 20.6 Å². The Bertz CT molecular complexity index is 1410. The van der Waals surface area contributed by atoms with Crippen molar-refractivity contribution < 1.29 is 8.42 Å². The maximum absolute atomic E-state index is 11.7. The van der Waals surface area contributed by atoms with E-state index in [0.29, 0.717) is 15.9 Å². The summed E-state index contributed by atoms with van der Waals surface area (Å²) >= 11 is 12.2. The molecule has 8 heteroatoms. The molecule has 4 aromatic rings. The highest BCUT2D eigenvalue weighted by atomic mass is 35.5. The van der Waals surface area contributed by atoms with Crippen molar-refractivity contribution in [2.24, 2.45) is 5.14 Å². The van der Waals surface area contributed by atoms with Crippen molar-refractivity contribution in [1.29, 1.82) is 0 Å². The molecule has 156 valence electrons. The van der Waals surface area contributed by atoms with Crippen molar-refractivity contribution in [2.75, 3.05) is 0 Å². The van der Waals surface area contributed by atoms with Crippen LogP contribution in [0.4, 0.5) is 0 Å². The molecule has 0 amide bonds. The minimum absolute atomic E-state index is 0.0594. The third kappa shape index (κ3) is 4.78. The van der Waals surface area contributed by atoms with E-state index in [1.807, 2.05) is 49.4 Å². The summed E-state index contributed by atoms with van der Waals surface area (Å²) in [6, 6.07) is 21.3. The zero-order valence-electron chi connectivity index (χ0n) is 16.4.